The van der Waals surface area contributed by atoms with Gasteiger partial charge in [-0.1, -0.05) is 18.2 Å². The Morgan fingerprint density at radius 1 is 1.37 bits per heavy atom. The highest BCUT2D eigenvalue weighted by atomic mass is 79.9. The maximum atomic E-state index is 4.75. The highest BCUT2D eigenvalue weighted by molar-refractivity contribution is 9.11. The van der Waals surface area contributed by atoms with E-state index in [-0.39, 0.29) is 0 Å². The molecule has 0 aliphatic carbocycles. The predicted octanol–water partition coefficient (Wildman–Crippen LogP) is 3.82. The first-order valence-electron chi connectivity index (χ1n) is 6.16. The van der Waals surface area contributed by atoms with Crippen molar-refractivity contribution in [2.75, 3.05) is 13.6 Å². The SMILES string of the molecule is CNCCc1nc(-c2c[nH]c3ccccc23)sc1Br. The number of nitrogens with zero attached hydrogens (tertiary/aromatic N) is 1. The van der Waals surface area contributed by atoms with Gasteiger partial charge >= 0.3 is 0 Å². The molecule has 5 heteroatoms. The lowest BCUT2D eigenvalue weighted by atomic mass is 10.2. The number of hydrogen-bond donors (Lipinski definition) is 2. The number of fused-ring (bicyclic) bond motifs is 1. The molecule has 1 aromatic carbocycles. The van der Waals surface area contributed by atoms with Crippen molar-refractivity contribution in [1.29, 1.82) is 0 Å². The highest BCUT2D eigenvalue weighted by Crippen LogP contribution is 2.35. The van der Waals surface area contributed by atoms with E-state index in [0.29, 0.717) is 0 Å². The minimum Gasteiger partial charge on any atom is -0.360 e. The molecule has 0 amide bonds. The average molecular weight is 336 g/mol. The topological polar surface area (TPSA) is 40.7 Å². The van der Waals surface area contributed by atoms with Crippen molar-refractivity contribution < 1.29 is 0 Å². The summed E-state index contributed by atoms with van der Waals surface area (Å²) in [6.07, 6.45) is 2.98. The van der Waals surface area contributed by atoms with Gasteiger partial charge in [0.15, 0.2) is 0 Å². The van der Waals surface area contributed by atoms with Crippen LogP contribution in [-0.2, 0) is 6.42 Å². The van der Waals surface area contributed by atoms with Crippen LogP contribution in [0.2, 0.25) is 0 Å². The van der Waals surface area contributed by atoms with Crippen LogP contribution in [0.1, 0.15) is 5.69 Å². The smallest absolute Gasteiger partial charge is 0.126 e. The van der Waals surface area contributed by atoms with Crippen LogP contribution >= 0.6 is 27.3 Å². The van der Waals surface area contributed by atoms with E-state index in [2.05, 4.69) is 44.4 Å². The summed E-state index contributed by atoms with van der Waals surface area (Å²) in [4.78, 5) is 8.05. The summed E-state index contributed by atoms with van der Waals surface area (Å²) in [6.45, 7) is 0.940. The molecule has 0 aliphatic rings. The number of aromatic nitrogens is 2. The molecule has 0 unspecified atom stereocenters. The number of H-pyrrole nitrogens is 1. The fourth-order valence-electron chi connectivity index (χ4n) is 2.09. The summed E-state index contributed by atoms with van der Waals surface area (Å²) >= 11 is 5.31. The van der Waals surface area contributed by atoms with Crippen molar-refractivity contribution in [2.24, 2.45) is 0 Å². The van der Waals surface area contributed by atoms with Crippen LogP contribution in [0.4, 0.5) is 0 Å². The zero-order chi connectivity index (χ0) is 13.2. The van der Waals surface area contributed by atoms with Gasteiger partial charge in [0.05, 0.1) is 9.48 Å². The lowest BCUT2D eigenvalue weighted by molar-refractivity contribution is 0.779. The Morgan fingerprint density at radius 2 is 2.21 bits per heavy atom. The van der Waals surface area contributed by atoms with Gasteiger partial charge in [-0.25, -0.2) is 4.98 Å². The molecule has 0 saturated heterocycles. The summed E-state index contributed by atoms with van der Waals surface area (Å²) in [5, 5.41) is 5.45. The molecule has 0 radical (unpaired) electrons. The first kappa shape index (κ1) is 12.8. The van der Waals surface area contributed by atoms with Gasteiger partial charge in [-0.3, -0.25) is 0 Å². The Labute approximate surface area is 124 Å². The number of nitrogens with one attached hydrogen (secondary N) is 2. The first-order chi connectivity index (χ1) is 9.29. The van der Waals surface area contributed by atoms with Crippen molar-refractivity contribution in [1.82, 2.24) is 15.3 Å². The summed E-state index contributed by atoms with van der Waals surface area (Å²) in [5.74, 6) is 0. The Bertz CT molecular complexity index is 702. The second kappa shape index (κ2) is 5.45. The molecule has 3 nitrogen and oxygen atoms in total. The van der Waals surface area contributed by atoms with E-state index in [9.17, 15) is 0 Å². The third-order valence-corrected chi connectivity index (χ3v) is 4.94. The maximum absolute atomic E-state index is 4.75. The van der Waals surface area contributed by atoms with E-state index in [4.69, 9.17) is 4.98 Å². The lowest BCUT2D eigenvalue weighted by Crippen LogP contribution is -2.10. The summed E-state index contributed by atoms with van der Waals surface area (Å²) < 4.78 is 1.13. The predicted molar refractivity (Wildman–Crippen MR) is 84.7 cm³/mol. The lowest BCUT2D eigenvalue weighted by Gasteiger charge is -1.96. The third-order valence-electron chi connectivity index (χ3n) is 3.08. The van der Waals surface area contributed by atoms with Crippen LogP contribution in [0.5, 0.6) is 0 Å². The molecule has 0 aliphatic heterocycles. The molecule has 3 rings (SSSR count). The van der Waals surface area contributed by atoms with Crippen molar-refractivity contribution in [3.05, 3.63) is 39.9 Å². The van der Waals surface area contributed by atoms with Gasteiger partial charge in [-0.05, 0) is 29.0 Å². The molecule has 0 bridgehead atoms. The van der Waals surface area contributed by atoms with Crippen LogP contribution in [0, 0.1) is 0 Å². The molecule has 2 aromatic heterocycles. The van der Waals surface area contributed by atoms with Crippen LogP contribution in [0.25, 0.3) is 21.5 Å². The van der Waals surface area contributed by atoms with Gasteiger partial charge < -0.3 is 10.3 Å². The number of benzene rings is 1. The van der Waals surface area contributed by atoms with E-state index in [1.54, 1.807) is 11.3 Å². The number of halogens is 1. The summed E-state index contributed by atoms with van der Waals surface area (Å²) in [6, 6.07) is 8.32. The molecule has 98 valence electrons. The number of aromatic amines is 1. The van der Waals surface area contributed by atoms with E-state index in [1.165, 1.54) is 10.9 Å². The van der Waals surface area contributed by atoms with Crippen LogP contribution < -0.4 is 5.32 Å². The van der Waals surface area contributed by atoms with Crippen molar-refractivity contribution >= 4 is 38.2 Å². The molecule has 0 saturated carbocycles. The number of thiazole rings is 1. The normalized spacial score (nSPS) is 11.3. The zero-order valence-corrected chi connectivity index (χ0v) is 12.9. The van der Waals surface area contributed by atoms with Crippen LogP contribution in [0.3, 0.4) is 0 Å². The van der Waals surface area contributed by atoms with Crippen molar-refractivity contribution in [3.63, 3.8) is 0 Å². The fourth-order valence-corrected chi connectivity index (χ4v) is 3.71. The van der Waals surface area contributed by atoms with Gasteiger partial charge in [0.1, 0.15) is 5.01 Å². The number of hydrogen-bond acceptors (Lipinski definition) is 3. The second-order valence-electron chi connectivity index (χ2n) is 4.34. The molecule has 3 aromatic rings. The number of likely N-dealkylation sites (N-methyl/N-ethyl adjacent to an activating group) is 1. The summed E-state index contributed by atoms with van der Waals surface area (Å²) in [5.41, 5.74) is 3.46. The zero-order valence-electron chi connectivity index (χ0n) is 10.5. The van der Waals surface area contributed by atoms with Crippen molar-refractivity contribution in [2.45, 2.75) is 6.42 Å². The molecule has 19 heavy (non-hydrogen) atoms. The molecule has 2 N–H and O–H groups in total. The first-order valence-corrected chi connectivity index (χ1v) is 7.77. The Morgan fingerprint density at radius 3 is 3.05 bits per heavy atom. The minimum atomic E-state index is 0.940. The third kappa shape index (κ3) is 2.45. The highest BCUT2D eigenvalue weighted by Gasteiger charge is 2.13. The Hall–Kier alpha value is -1.17. The van der Waals surface area contributed by atoms with Gasteiger partial charge in [0.2, 0.25) is 0 Å². The molecule has 0 fully saturated rings. The molecule has 2 heterocycles. The molecular weight excluding hydrogens is 322 g/mol. The molecule has 0 atom stereocenters. The quantitative estimate of drug-likeness (QED) is 0.760. The van der Waals surface area contributed by atoms with Gasteiger partial charge in [0, 0.05) is 35.6 Å². The molecular formula is C14H14BrN3S. The standard InChI is InChI=1S/C14H14BrN3S/c1-16-7-6-12-13(15)19-14(18-12)10-8-17-11-5-3-2-4-9(10)11/h2-5,8,16-17H,6-7H2,1H3. The number of rotatable bonds is 4. The number of para-hydroxylation sites is 1. The fraction of sp³-hybridized carbons (Fsp3) is 0.214. The van der Waals surface area contributed by atoms with E-state index in [1.807, 2.05) is 19.3 Å². The van der Waals surface area contributed by atoms with Crippen molar-refractivity contribution in [3.8, 4) is 10.6 Å². The monoisotopic (exact) mass is 335 g/mol. The van der Waals surface area contributed by atoms with E-state index in [0.717, 1.165) is 33.0 Å². The van der Waals surface area contributed by atoms with Crippen LogP contribution in [-0.4, -0.2) is 23.6 Å². The molecule has 0 spiro atoms. The van der Waals surface area contributed by atoms with E-state index >= 15 is 0 Å². The average Bonchev–Trinajstić information content (AvgIpc) is 3.00. The van der Waals surface area contributed by atoms with E-state index < -0.39 is 0 Å². The maximum Gasteiger partial charge on any atom is 0.126 e. The largest absolute Gasteiger partial charge is 0.360 e. The minimum absolute atomic E-state index is 0.940. The van der Waals surface area contributed by atoms with Crippen LogP contribution in [0.15, 0.2) is 34.2 Å². The van der Waals surface area contributed by atoms with Gasteiger partial charge in [-0.2, -0.15) is 0 Å². The second-order valence-corrected chi connectivity index (χ2v) is 6.66. The Kier molecular flexibility index (Phi) is 3.68. The summed E-state index contributed by atoms with van der Waals surface area (Å²) in [7, 11) is 1.96. The Balaban J connectivity index is 2.02. The van der Waals surface area contributed by atoms with Gasteiger partial charge in [0.25, 0.3) is 0 Å². The van der Waals surface area contributed by atoms with Gasteiger partial charge in [-0.15, -0.1) is 11.3 Å².